The molecule has 2 aliphatic rings. The number of sulfonamides is 1. The highest BCUT2D eigenvalue weighted by Gasteiger charge is 2.33. The van der Waals surface area contributed by atoms with Crippen LogP contribution in [0.15, 0.2) is 15.7 Å². The van der Waals surface area contributed by atoms with Gasteiger partial charge < -0.3 is 5.32 Å². The number of nitrogens with zero attached hydrogens (tertiary/aromatic N) is 1. The van der Waals surface area contributed by atoms with E-state index < -0.39 is 10.0 Å². The fraction of sp³-hybridized carbons (Fsp3) is 0.733. The van der Waals surface area contributed by atoms with Crippen LogP contribution in [-0.2, 0) is 16.6 Å². The summed E-state index contributed by atoms with van der Waals surface area (Å²) in [6.07, 6.45) is 5.78. The van der Waals surface area contributed by atoms with Gasteiger partial charge in [-0.25, -0.2) is 8.42 Å². The van der Waals surface area contributed by atoms with Crippen molar-refractivity contribution in [1.82, 2.24) is 9.62 Å². The van der Waals surface area contributed by atoms with Crippen LogP contribution in [0.3, 0.4) is 0 Å². The van der Waals surface area contributed by atoms with E-state index in [9.17, 15) is 8.42 Å². The average Bonchev–Trinajstić information content (AvgIpc) is 2.97. The Morgan fingerprint density at radius 3 is 2.90 bits per heavy atom. The molecule has 0 amide bonds. The van der Waals surface area contributed by atoms with Crippen LogP contribution < -0.4 is 5.32 Å². The van der Waals surface area contributed by atoms with Crippen LogP contribution in [0.25, 0.3) is 0 Å². The van der Waals surface area contributed by atoms with E-state index in [1.54, 1.807) is 4.31 Å². The van der Waals surface area contributed by atoms with Crippen molar-refractivity contribution in [1.29, 1.82) is 0 Å². The van der Waals surface area contributed by atoms with E-state index in [0.717, 1.165) is 31.4 Å². The molecule has 0 bridgehead atoms. The highest BCUT2D eigenvalue weighted by atomic mass is 32.2. The zero-order valence-electron chi connectivity index (χ0n) is 12.5. The summed E-state index contributed by atoms with van der Waals surface area (Å²) in [5.74, 6) is 0.542. The molecule has 1 saturated heterocycles. The molecule has 1 aromatic rings. The summed E-state index contributed by atoms with van der Waals surface area (Å²) in [6, 6.07) is 2.50. The third-order valence-electron chi connectivity index (χ3n) is 4.34. The minimum atomic E-state index is -3.27. The molecule has 1 aromatic heterocycles. The fourth-order valence-electron chi connectivity index (χ4n) is 2.92. The van der Waals surface area contributed by atoms with Gasteiger partial charge >= 0.3 is 0 Å². The molecule has 21 heavy (non-hydrogen) atoms. The second-order valence-electron chi connectivity index (χ2n) is 6.24. The first-order chi connectivity index (χ1) is 10.1. The maximum atomic E-state index is 12.7. The minimum absolute atomic E-state index is 0.507. The van der Waals surface area contributed by atoms with Gasteiger partial charge in [0.05, 0.1) is 0 Å². The molecule has 2 heterocycles. The second-order valence-corrected chi connectivity index (χ2v) is 9.31. The summed E-state index contributed by atoms with van der Waals surface area (Å²) in [5.41, 5.74) is 1.09. The van der Waals surface area contributed by atoms with Crippen LogP contribution >= 0.6 is 11.3 Å². The van der Waals surface area contributed by atoms with Gasteiger partial charge in [0.2, 0.25) is 0 Å². The van der Waals surface area contributed by atoms with E-state index in [1.165, 1.54) is 24.2 Å². The standard InChI is InChI=1S/C15H24N2O2S2/c1-2-3-12-6-7-17(10-12)21(18,19)15-8-13(11-20-15)9-16-14-4-5-14/h8,11-12,14,16H,2-7,9-10H2,1H3. The second kappa shape index (κ2) is 6.36. The molecule has 0 aromatic carbocycles. The summed E-state index contributed by atoms with van der Waals surface area (Å²) in [7, 11) is -3.27. The molecule has 4 nitrogen and oxygen atoms in total. The molecule has 1 aliphatic heterocycles. The summed E-state index contributed by atoms with van der Waals surface area (Å²) >= 11 is 1.36. The first-order valence-electron chi connectivity index (χ1n) is 7.90. The molecule has 118 valence electrons. The lowest BCUT2D eigenvalue weighted by Crippen LogP contribution is -2.28. The zero-order chi connectivity index (χ0) is 14.9. The number of rotatable bonds is 7. The van der Waals surface area contributed by atoms with Gasteiger partial charge in [0.15, 0.2) is 0 Å². The summed E-state index contributed by atoms with van der Waals surface area (Å²) < 4.78 is 27.5. The van der Waals surface area contributed by atoms with E-state index in [0.29, 0.717) is 29.3 Å². The number of thiophene rings is 1. The maximum Gasteiger partial charge on any atom is 0.252 e. The van der Waals surface area contributed by atoms with E-state index in [2.05, 4.69) is 12.2 Å². The molecule has 6 heteroatoms. The molecule has 1 aliphatic carbocycles. The Kier molecular flexibility index (Phi) is 4.69. The highest BCUT2D eigenvalue weighted by Crippen LogP contribution is 2.30. The highest BCUT2D eigenvalue weighted by molar-refractivity contribution is 7.91. The Balaban J connectivity index is 1.64. The molecular weight excluding hydrogens is 304 g/mol. The van der Waals surface area contributed by atoms with Crippen LogP contribution in [0.2, 0.25) is 0 Å². The Morgan fingerprint density at radius 2 is 2.19 bits per heavy atom. The van der Waals surface area contributed by atoms with E-state index in [4.69, 9.17) is 0 Å². The van der Waals surface area contributed by atoms with Gasteiger partial charge in [-0.2, -0.15) is 4.31 Å². The van der Waals surface area contributed by atoms with Crippen LogP contribution in [-0.4, -0.2) is 31.9 Å². The number of hydrogen-bond donors (Lipinski definition) is 1. The normalized spacial score (nSPS) is 23.8. The van der Waals surface area contributed by atoms with Crippen molar-refractivity contribution in [2.75, 3.05) is 13.1 Å². The quantitative estimate of drug-likeness (QED) is 0.837. The minimum Gasteiger partial charge on any atom is -0.310 e. The smallest absolute Gasteiger partial charge is 0.252 e. The maximum absolute atomic E-state index is 12.7. The lowest BCUT2D eigenvalue weighted by Gasteiger charge is -2.15. The van der Waals surface area contributed by atoms with Crippen molar-refractivity contribution in [3.8, 4) is 0 Å². The third kappa shape index (κ3) is 3.67. The predicted octanol–water partition coefficient (Wildman–Crippen LogP) is 2.81. The molecule has 2 fully saturated rings. The SMILES string of the molecule is CCCC1CCN(S(=O)(=O)c2cc(CNC3CC3)cs2)C1. The van der Waals surface area contributed by atoms with Crippen LogP contribution in [0, 0.1) is 5.92 Å². The number of hydrogen-bond acceptors (Lipinski definition) is 4. The molecular formula is C15H24N2O2S2. The van der Waals surface area contributed by atoms with Gasteiger partial charge in [-0.3, -0.25) is 0 Å². The van der Waals surface area contributed by atoms with E-state index >= 15 is 0 Å². The predicted molar refractivity (Wildman–Crippen MR) is 86.0 cm³/mol. The first kappa shape index (κ1) is 15.5. The molecule has 0 radical (unpaired) electrons. The lowest BCUT2D eigenvalue weighted by atomic mass is 10.0. The van der Waals surface area contributed by atoms with Gasteiger partial charge in [0.25, 0.3) is 10.0 Å². The van der Waals surface area contributed by atoms with Crippen molar-refractivity contribution in [3.63, 3.8) is 0 Å². The van der Waals surface area contributed by atoms with Crippen molar-refractivity contribution in [2.24, 2.45) is 5.92 Å². The van der Waals surface area contributed by atoms with E-state index in [1.807, 2.05) is 11.4 Å². The summed E-state index contributed by atoms with van der Waals surface area (Å²) in [4.78, 5) is 0. The molecule has 1 N–H and O–H groups in total. The Hall–Kier alpha value is -0.430. The van der Waals surface area contributed by atoms with Crippen molar-refractivity contribution >= 4 is 21.4 Å². The summed E-state index contributed by atoms with van der Waals surface area (Å²) in [5, 5.41) is 5.40. The van der Waals surface area contributed by atoms with Crippen LogP contribution in [0.5, 0.6) is 0 Å². The molecule has 1 unspecified atom stereocenters. The van der Waals surface area contributed by atoms with Gasteiger partial charge in [-0.15, -0.1) is 11.3 Å². The summed E-state index contributed by atoms with van der Waals surface area (Å²) in [6.45, 7) is 4.33. The Morgan fingerprint density at radius 1 is 1.38 bits per heavy atom. The molecule has 0 spiro atoms. The third-order valence-corrected chi connectivity index (χ3v) is 7.67. The number of nitrogens with one attached hydrogen (secondary N) is 1. The lowest BCUT2D eigenvalue weighted by molar-refractivity contribution is 0.446. The van der Waals surface area contributed by atoms with Crippen LogP contribution in [0.1, 0.15) is 44.6 Å². The molecule has 3 rings (SSSR count). The Bertz CT molecular complexity index is 578. The van der Waals surface area contributed by atoms with Crippen molar-refractivity contribution in [2.45, 2.75) is 55.8 Å². The molecule has 1 atom stereocenters. The van der Waals surface area contributed by atoms with E-state index in [-0.39, 0.29) is 0 Å². The van der Waals surface area contributed by atoms with Crippen molar-refractivity contribution in [3.05, 3.63) is 17.0 Å². The van der Waals surface area contributed by atoms with Crippen molar-refractivity contribution < 1.29 is 8.42 Å². The largest absolute Gasteiger partial charge is 0.310 e. The topological polar surface area (TPSA) is 49.4 Å². The molecule has 1 saturated carbocycles. The fourth-order valence-corrected chi connectivity index (χ4v) is 5.81. The van der Waals surface area contributed by atoms with Gasteiger partial charge in [-0.1, -0.05) is 13.3 Å². The monoisotopic (exact) mass is 328 g/mol. The Labute approximate surface area is 131 Å². The zero-order valence-corrected chi connectivity index (χ0v) is 14.2. The van der Waals surface area contributed by atoms with Crippen LogP contribution in [0.4, 0.5) is 0 Å². The first-order valence-corrected chi connectivity index (χ1v) is 10.2. The van der Waals surface area contributed by atoms with Gasteiger partial charge in [-0.05, 0) is 48.6 Å². The van der Waals surface area contributed by atoms with Gasteiger partial charge in [0.1, 0.15) is 4.21 Å². The average molecular weight is 329 g/mol. The van der Waals surface area contributed by atoms with Gasteiger partial charge in [0, 0.05) is 25.7 Å².